The highest BCUT2D eigenvalue weighted by molar-refractivity contribution is 7.92. The van der Waals surface area contributed by atoms with E-state index in [4.69, 9.17) is 0 Å². The number of hydrogen-bond acceptors (Lipinski definition) is 4. The number of hydrogen-bond donors (Lipinski definition) is 1. The number of carbonyl (C=O) groups excluding carboxylic acids is 1. The molecule has 0 aromatic heterocycles. The molecule has 5 rings (SSSR count). The van der Waals surface area contributed by atoms with Crippen LogP contribution in [0.4, 0.5) is 11.4 Å². The summed E-state index contributed by atoms with van der Waals surface area (Å²) in [7, 11) is -3.70. The lowest BCUT2D eigenvalue weighted by Gasteiger charge is -2.32. The largest absolute Gasteiger partial charge is 0.309 e. The Bertz CT molecular complexity index is 1120. The summed E-state index contributed by atoms with van der Waals surface area (Å²) in [5.41, 5.74) is 3.55. The minimum atomic E-state index is -3.70. The quantitative estimate of drug-likeness (QED) is 0.677. The first-order valence-corrected chi connectivity index (χ1v) is 13.7. The van der Waals surface area contributed by atoms with Crippen LogP contribution in [0.2, 0.25) is 0 Å². The van der Waals surface area contributed by atoms with Gasteiger partial charge in [-0.2, -0.15) is 0 Å². The predicted octanol–water partition coefficient (Wildman–Crippen LogP) is 4.55. The van der Waals surface area contributed by atoms with E-state index in [1.807, 2.05) is 36.1 Å². The van der Waals surface area contributed by atoms with Gasteiger partial charge in [0.1, 0.15) is 0 Å². The molecule has 0 spiro atoms. The second kappa shape index (κ2) is 9.11. The Kier molecular flexibility index (Phi) is 6.18. The number of piperidine rings is 1. The number of anilines is 2. The number of fused-ring (bicyclic) bond motifs is 1. The van der Waals surface area contributed by atoms with E-state index >= 15 is 0 Å². The molecule has 2 aliphatic heterocycles. The number of carbonyl (C=O) groups is 1. The molecular formula is C26H33N3O3S. The summed E-state index contributed by atoms with van der Waals surface area (Å²) in [4.78, 5) is 17.4. The van der Waals surface area contributed by atoms with Gasteiger partial charge in [-0.15, -0.1) is 0 Å². The SMILES string of the molecule is C[C@H]1Cc2cc(S(=O)(=O)Nc3ccc(CN4CCCCC4)cc3)ccc2N1C(=O)C1CCC1. The van der Waals surface area contributed by atoms with Crippen LogP contribution in [0.1, 0.15) is 56.6 Å². The average molecular weight is 468 g/mol. The van der Waals surface area contributed by atoms with Crippen LogP contribution in [0.5, 0.6) is 0 Å². The molecule has 1 N–H and O–H groups in total. The van der Waals surface area contributed by atoms with E-state index in [0.717, 1.165) is 50.1 Å². The fourth-order valence-electron chi connectivity index (χ4n) is 5.23. The van der Waals surface area contributed by atoms with E-state index in [-0.39, 0.29) is 22.8 Å². The summed E-state index contributed by atoms with van der Waals surface area (Å²) in [5, 5.41) is 0. The Morgan fingerprint density at radius 2 is 1.73 bits per heavy atom. The summed E-state index contributed by atoms with van der Waals surface area (Å²) >= 11 is 0. The van der Waals surface area contributed by atoms with Crippen LogP contribution in [-0.2, 0) is 27.8 Å². The molecule has 2 heterocycles. The highest BCUT2D eigenvalue weighted by Crippen LogP contribution is 2.38. The Labute approximate surface area is 197 Å². The van der Waals surface area contributed by atoms with Crippen LogP contribution in [0.3, 0.4) is 0 Å². The molecule has 2 fully saturated rings. The van der Waals surface area contributed by atoms with E-state index in [1.165, 1.54) is 24.8 Å². The van der Waals surface area contributed by atoms with E-state index in [2.05, 4.69) is 9.62 Å². The molecule has 6 nitrogen and oxygen atoms in total. The fraction of sp³-hybridized carbons (Fsp3) is 0.500. The van der Waals surface area contributed by atoms with Gasteiger partial charge in [0.15, 0.2) is 0 Å². The van der Waals surface area contributed by atoms with Crippen LogP contribution in [0, 0.1) is 5.92 Å². The van der Waals surface area contributed by atoms with Crippen molar-refractivity contribution in [1.29, 1.82) is 0 Å². The smallest absolute Gasteiger partial charge is 0.261 e. The van der Waals surface area contributed by atoms with Gasteiger partial charge in [0.05, 0.1) is 4.90 Å². The topological polar surface area (TPSA) is 69.7 Å². The second-order valence-electron chi connectivity index (χ2n) is 9.82. The molecule has 1 saturated carbocycles. The summed E-state index contributed by atoms with van der Waals surface area (Å²) < 4.78 is 28.8. The lowest BCUT2D eigenvalue weighted by Crippen LogP contribution is -2.42. The molecule has 1 aliphatic carbocycles. The van der Waals surface area contributed by atoms with Crippen molar-refractivity contribution < 1.29 is 13.2 Å². The maximum atomic E-state index is 13.1. The Hall–Kier alpha value is -2.38. The molecule has 1 atom stereocenters. The Balaban J connectivity index is 1.28. The van der Waals surface area contributed by atoms with Crippen molar-refractivity contribution in [3.8, 4) is 0 Å². The fourth-order valence-corrected chi connectivity index (χ4v) is 6.34. The second-order valence-corrected chi connectivity index (χ2v) is 11.5. The molecule has 1 saturated heterocycles. The molecule has 0 unspecified atom stereocenters. The van der Waals surface area contributed by atoms with Crippen molar-refractivity contribution in [3.05, 3.63) is 53.6 Å². The van der Waals surface area contributed by atoms with Crippen molar-refractivity contribution in [2.45, 2.75) is 69.4 Å². The van der Waals surface area contributed by atoms with Gasteiger partial charge in [-0.05, 0) is 93.6 Å². The molecule has 0 bridgehead atoms. The minimum Gasteiger partial charge on any atom is -0.309 e. The number of benzene rings is 2. The molecule has 2 aromatic carbocycles. The minimum absolute atomic E-state index is 0.0615. The number of nitrogens with one attached hydrogen (secondary N) is 1. The van der Waals surface area contributed by atoms with Gasteiger partial charge < -0.3 is 4.90 Å². The third kappa shape index (κ3) is 4.66. The Morgan fingerprint density at radius 3 is 2.39 bits per heavy atom. The summed E-state index contributed by atoms with van der Waals surface area (Å²) in [5.74, 6) is 0.312. The zero-order valence-corrected chi connectivity index (χ0v) is 20.1. The van der Waals surface area contributed by atoms with Gasteiger partial charge in [0.25, 0.3) is 10.0 Å². The monoisotopic (exact) mass is 467 g/mol. The van der Waals surface area contributed by atoms with Crippen molar-refractivity contribution in [1.82, 2.24) is 4.90 Å². The van der Waals surface area contributed by atoms with Gasteiger partial charge in [-0.1, -0.05) is 25.0 Å². The number of rotatable bonds is 6. The molecule has 0 radical (unpaired) electrons. The zero-order valence-electron chi connectivity index (χ0n) is 19.3. The predicted molar refractivity (Wildman–Crippen MR) is 131 cm³/mol. The molecule has 7 heteroatoms. The maximum Gasteiger partial charge on any atom is 0.261 e. The number of amides is 1. The first kappa shape index (κ1) is 22.4. The molecular weight excluding hydrogens is 434 g/mol. The zero-order chi connectivity index (χ0) is 23.0. The van der Waals surface area contributed by atoms with Crippen LogP contribution < -0.4 is 9.62 Å². The van der Waals surface area contributed by atoms with Crippen LogP contribution >= 0.6 is 0 Å². The highest BCUT2D eigenvalue weighted by atomic mass is 32.2. The molecule has 176 valence electrons. The Morgan fingerprint density at radius 1 is 1.00 bits per heavy atom. The summed E-state index contributed by atoms with van der Waals surface area (Å²) in [6.45, 7) is 5.21. The summed E-state index contributed by atoms with van der Waals surface area (Å²) in [6.07, 6.45) is 7.55. The first-order chi connectivity index (χ1) is 15.9. The van der Waals surface area contributed by atoms with Crippen molar-refractivity contribution in [2.24, 2.45) is 5.92 Å². The van der Waals surface area contributed by atoms with Crippen molar-refractivity contribution in [3.63, 3.8) is 0 Å². The van der Waals surface area contributed by atoms with Crippen molar-refractivity contribution >= 4 is 27.3 Å². The standard InChI is InChI=1S/C26H33N3O3S/c1-19-16-22-17-24(12-13-25(22)29(19)26(30)21-6-5-7-21)33(31,32)27-23-10-8-20(9-11-23)18-28-14-3-2-4-15-28/h8-13,17,19,21,27H,2-7,14-16,18H2,1H3/t19-/m0/s1. The van der Waals surface area contributed by atoms with Crippen LogP contribution in [0.15, 0.2) is 47.4 Å². The number of nitrogens with zero attached hydrogens (tertiary/aromatic N) is 2. The van der Waals surface area contributed by atoms with Crippen molar-refractivity contribution in [2.75, 3.05) is 22.7 Å². The van der Waals surface area contributed by atoms with Gasteiger partial charge in [0.2, 0.25) is 5.91 Å². The third-order valence-corrected chi connectivity index (χ3v) is 8.71. The maximum absolute atomic E-state index is 13.1. The van der Waals surface area contributed by atoms with E-state index in [0.29, 0.717) is 12.1 Å². The van der Waals surface area contributed by atoms with E-state index in [9.17, 15) is 13.2 Å². The van der Waals surface area contributed by atoms with Gasteiger partial charge in [-0.25, -0.2) is 8.42 Å². The molecule has 3 aliphatic rings. The van der Waals surface area contributed by atoms with Gasteiger partial charge in [-0.3, -0.25) is 14.4 Å². The first-order valence-electron chi connectivity index (χ1n) is 12.2. The number of likely N-dealkylation sites (tertiary alicyclic amines) is 1. The molecule has 33 heavy (non-hydrogen) atoms. The molecule has 1 amide bonds. The number of sulfonamides is 1. The third-order valence-electron chi connectivity index (χ3n) is 7.33. The van der Waals surface area contributed by atoms with Gasteiger partial charge >= 0.3 is 0 Å². The van der Waals surface area contributed by atoms with E-state index < -0.39 is 10.0 Å². The van der Waals surface area contributed by atoms with E-state index in [1.54, 1.807) is 18.2 Å². The lowest BCUT2D eigenvalue weighted by molar-refractivity contribution is -0.125. The average Bonchev–Trinajstić information content (AvgIpc) is 3.09. The lowest BCUT2D eigenvalue weighted by atomic mass is 9.84. The highest BCUT2D eigenvalue weighted by Gasteiger charge is 2.37. The molecule has 2 aromatic rings. The summed E-state index contributed by atoms with van der Waals surface area (Å²) in [6, 6.07) is 12.9. The van der Waals surface area contributed by atoms with Crippen LogP contribution in [0.25, 0.3) is 0 Å². The normalized spacial score (nSPS) is 21.5. The van der Waals surface area contributed by atoms with Gasteiger partial charge in [0, 0.05) is 29.9 Å². The van der Waals surface area contributed by atoms with Crippen LogP contribution in [-0.4, -0.2) is 38.4 Å².